The summed E-state index contributed by atoms with van der Waals surface area (Å²) in [6, 6.07) is 12.3. The van der Waals surface area contributed by atoms with Crippen LogP contribution in [0.4, 0.5) is 11.4 Å². The summed E-state index contributed by atoms with van der Waals surface area (Å²) in [4.78, 5) is 24.6. The first kappa shape index (κ1) is 27.3. The molecule has 194 valence electrons. The third-order valence-corrected chi connectivity index (χ3v) is 6.40. The Morgan fingerprint density at radius 2 is 1.72 bits per heavy atom. The average molecular weight is 495 g/mol. The largest absolute Gasteiger partial charge is 0.462 e. The zero-order valence-corrected chi connectivity index (χ0v) is 21.1. The summed E-state index contributed by atoms with van der Waals surface area (Å²) in [5, 5.41) is 0. The van der Waals surface area contributed by atoms with Gasteiger partial charge in [-0.2, -0.15) is 0 Å². The van der Waals surface area contributed by atoms with Crippen LogP contribution in [-0.2, 0) is 25.5 Å². The lowest BCUT2D eigenvalue weighted by molar-refractivity contribution is -0.141. The topological polar surface area (TPSA) is 114 Å². The molecule has 1 aliphatic rings. The number of anilines is 2. The molecule has 1 saturated carbocycles. The SMILES string of the molecule is CCCCCOC1CCC(C(=O)Oc2ccc(/C=C/C(=O)OCCc3cc(N)ccc3N)cc2)CC1. The minimum atomic E-state index is -0.446. The van der Waals surface area contributed by atoms with Gasteiger partial charge in [0.2, 0.25) is 0 Å². The zero-order valence-electron chi connectivity index (χ0n) is 21.1. The normalized spacial score (nSPS) is 17.7. The molecule has 36 heavy (non-hydrogen) atoms. The summed E-state index contributed by atoms with van der Waals surface area (Å²) >= 11 is 0. The van der Waals surface area contributed by atoms with Crippen LogP contribution >= 0.6 is 0 Å². The maximum atomic E-state index is 12.6. The number of unbranched alkanes of at least 4 members (excludes halogenated alkanes) is 2. The van der Waals surface area contributed by atoms with E-state index in [0.29, 0.717) is 23.5 Å². The summed E-state index contributed by atoms with van der Waals surface area (Å²) in [6.45, 7) is 3.20. The van der Waals surface area contributed by atoms with Crippen LogP contribution in [0, 0.1) is 5.92 Å². The molecular weight excluding hydrogens is 456 g/mol. The Balaban J connectivity index is 1.37. The van der Waals surface area contributed by atoms with Gasteiger partial charge in [0.05, 0.1) is 18.6 Å². The van der Waals surface area contributed by atoms with Crippen LogP contribution in [0.25, 0.3) is 6.08 Å². The molecule has 0 saturated heterocycles. The molecule has 0 atom stereocenters. The van der Waals surface area contributed by atoms with Gasteiger partial charge in [-0.1, -0.05) is 31.9 Å². The van der Waals surface area contributed by atoms with Gasteiger partial charge < -0.3 is 25.7 Å². The second kappa shape index (κ2) is 14.3. The van der Waals surface area contributed by atoms with Gasteiger partial charge in [-0.3, -0.25) is 4.79 Å². The molecule has 1 aliphatic carbocycles. The molecule has 7 heteroatoms. The van der Waals surface area contributed by atoms with Crippen molar-refractivity contribution in [3.8, 4) is 5.75 Å². The highest BCUT2D eigenvalue weighted by molar-refractivity contribution is 5.87. The number of rotatable bonds is 12. The highest BCUT2D eigenvalue weighted by Crippen LogP contribution is 2.28. The first-order chi connectivity index (χ1) is 17.4. The van der Waals surface area contributed by atoms with Crippen LogP contribution < -0.4 is 16.2 Å². The molecule has 0 spiro atoms. The molecule has 0 unspecified atom stereocenters. The van der Waals surface area contributed by atoms with Gasteiger partial charge in [0, 0.05) is 30.5 Å². The van der Waals surface area contributed by atoms with Crippen molar-refractivity contribution in [3.05, 3.63) is 59.7 Å². The van der Waals surface area contributed by atoms with Gasteiger partial charge in [-0.05, 0) is 79.6 Å². The smallest absolute Gasteiger partial charge is 0.330 e. The maximum Gasteiger partial charge on any atom is 0.330 e. The highest BCUT2D eigenvalue weighted by Gasteiger charge is 2.28. The Labute approximate surface area is 213 Å². The maximum absolute atomic E-state index is 12.6. The summed E-state index contributed by atoms with van der Waals surface area (Å²) in [7, 11) is 0. The molecule has 0 aliphatic heterocycles. The number of nitrogens with two attached hydrogens (primary N) is 2. The van der Waals surface area contributed by atoms with E-state index in [2.05, 4.69) is 6.92 Å². The summed E-state index contributed by atoms with van der Waals surface area (Å²) in [5.74, 6) is -0.222. The Kier molecular flexibility index (Phi) is 10.8. The number of esters is 2. The van der Waals surface area contributed by atoms with Gasteiger partial charge in [0.15, 0.2) is 0 Å². The minimum Gasteiger partial charge on any atom is -0.462 e. The van der Waals surface area contributed by atoms with Gasteiger partial charge in [-0.15, -0.1) is 0 Å². The van der Waals surface area contributed by atoms with Crippen molar-refractivity contribution in [3.63, 3.8) is 0 Å². The minimum absolute atomic E-state index is 0.0856. The van der Waals surface area contributed by atoms with Crippen molar-refractivity contribution in [2.45, 2.75) is 64.4 Å². The van der Waals surface area contributed by atoms with Gasteiger partial charge in [0.25, 0.3) is 0 Å². The Morgan fingerprint density at radius 3 is 2.44 bits per heavy atom. The van der Waals surface area contributed by atoms with Crippen molar-refractivity contribution in [2.75, 3.05) is 24.7 Å². The molecule has 0 aromatic heterocycles. The van der Waals surface area contributed by atoms with Crippen molar-refractivity contribution in [1.82, 2.24) is 0 Å². The van der Waals surface area contributed by atoms with Crippen LogP contribution in [-0.4, -0.2) is 31.3 Å². The lowest BCUT2D eigenvalue weighted by Crippen LogP contribution is -2.29. The lowest BCUT2D eigenvalue weighted by Gasteiger charge is -2.27. The third kappa shape index (κ3) is 9.04. The quantitative estimate of drug-likeness (QED) is 0.135. The first-order valence-corrected chi connectivity index (χ1v) is 12.9. The highest BCUT2D eigenvalue weighted by atomic mass is 16.5. The van der Waals surface area contributed by atoms with Crippen LogP contribution in [0.15, 0.2) is 48.5 Å². The zero-order chi connectivity index (χ0) is 25.8. The predicted octanol–water partition coefficient (Wildman–Crippen LogP) is 5.32. The van der Waals surface area contributed by atoms with E-state index in [9.17, 15) is 9.59 Å². The van der Waals surface area contributed by atoms with Crippen LogP contribution in [0.1, 0.15) is 63.0 Å². The number of hydrogen-bond donors (Lipinski definition) is 2. The lowest BCUT2D eigenvalue weighted by atomic mass is 9.87. The van der Waals surface area contributed by atoms with Crippen LogP contribution in [0.5, 0.6) is 5.75 Å². The predicted molar refractivity (Wildman–Crippen MR) is 142 cm³/mol. The third-order valence-electron chi connectivity index (χ3n) is 6.40. The Bertz CT molecular complexity index is 1010. The van der Waals surface area contributed by atoms with E-state index in [1.165, 1.54) is 18.9 Å². The summed E-state index contributed by atoms with van der Waals surface area (Å²) in [6.07, 6.45) is 10.7. The number of carbonyl (C=O) groups is 2. The molecule has 2 aromatic carbocycles. The number of benzene rings is 2. The monoisotopic (exact) mass is 494 g/mol. The van der Waals surface area contributed by atoms with E-state index in [4.69, 9.17) is 25.7 Å². The summed E-state index contributed by atoms with van der Waals surface area (Å²) < 4.78 is 16.8. The molecular formula is C29H38N2O5. The van der Waals surface area contributed by atoms with E-state index >= 15 is 0 Å². The van der Waals surface area contributed by atoms with Gasteiger partial charge in [0.1, 0.15) is 5.75 Å². The fraction of sp³-hybridized carbons (Fsp3) is 0.448. The van der Waals surface area contributed by atoms with E-state index in [1.54, 1.807) is 48.5 Å². The average Bonchev–Trinajstić information content (AvgIpc) is 2.88. The molecule has 3 rings (SSSR count). The molecule has 4 N–H and O–H groups in total. The molecule has 0 heterocycles. The number of carbonyl (C=O) groups excluding carboxylic acids is 2. The van der Waals surface area contributed by atoms with E-state index < -0.39 is 5.97 Å². The summed E-state index contributed by atoms with van der Waals surface area (Å²) in [5.41, 5.74) is 14.6. The Hall–Kier alpha value is -3.32. The van der Waals surface area contributed by atoms with E-state index in [0.717, 1.165) is 49.8 Å². The van der Waals surface area contributed by atoms with Crippen molar-refractivity contribution in [2.24, 2.45) is 5.92 Å². The van der Waals surface area contributed by atoms with E-state index in [-0.39, 0.29) is 24.6 Å². The molecule has 0 bridgehead atoms. The van der Waals surface area contributed by atoms with Crippen molar-refractivity contribution in [1.29, 1.82) is 0 Å². The van der Waals surface area contributed by atoms with Crippen LogP contribution in [0.3, 0.4) is 0 Å². The van der Waals surface area contributed by atoms with Gasteiger partial charge >= 0.3 is 11.9 Å². The number of ether oxygens (including phenoxy) is 3. The van der Waals surface area contributed by atoms with E-state index in [1.807, 2.05) is 0 Å². The molecule has 7 nitrogen and oxygen atoms in total. The second-order valence-corrected chi connectivity index (χ2v) is 9.25. The standard InChI is InChI=1S/C29H38N2O5/c1-2-3-4-18-34-25-13-8-22(9-14-25)29(33)36-26-11-5-21(6-12-26)7-16-28(32)35-19-17-23-20-24(30)10-15-27(23)31/h5-7,10-12,15-16,20,22,25H,2-4,8-9,13-14,17-19,30-31H2,1H3/b16-7+. The van der Waals surface area contributed by atoms with Gasteiger partial charge in [-0.25, -0.2) is 4.79 Å². The Morgan fingerprint density at radius 1 is 0.972 bits per heavy atom. The fourth-order valence-electron chi connectivity index (χ4n) is 4.23. The molecule has 0 amide bonds. The van der Waals surface area contributed by atoms with Crippen molar-refractivity contribution < 1.29 is 23.8 Å². The molecule has 2 aromatic rings. The van der Waals surface area contributed by atoms with Crippen LogP contribution in [0.2, 0.25) is 0 Å². The molecule has 0 radical (unpaired) electrons. The first-order valence-electron chi connectivity index (χ1n) is 12.9. The van der Waals surface area contributed by atoms with Crippen molar-refractivity contribution >= 4 is 29.4 Å². The second-order valence-electron chi connectivity index (χ2n) is 9.25. The fourth-order valence-corrected chi connectivity index (χ4v) is 4.23. The molecule has 1 fully saturated rings. The number of nitrogen functional groups attached to an aromatic ring is 2. The number of hydrogen-bond acceptors (Lipinski definition) is 7.